The summed E-state index contributed by atoms with van der Waals surface area (Å²) in [6.45, 7) is 1.64. The van der Waals surface area contributed by atoms with E-state index in [1.54, 1.807) is 66.5 Å². The van der Waals surface area contributed by atoms with E-state index in [-0.39, 0.29) is 22.9 Å². The van der Waals surface area contributed by atoms with Gasteiger partial charge in [-0.25, -0.2) is 9.36 Å². The maximum absolute atomic E-state index is 14.0. The quantitative estimate of drug-likeness (QED) is 0.370. The van der Waals surface area contributed by atoms with Crippen molar-refractivity contribution in [3.05, 3.63) is 79.5 Å². The number of amides is 1. The number of nitrogens with one attached hydrogen (secondary N) is 2. The molecule has 5 rings (SSSR count). The lowest BCUT2D eigenvalue weighted by molar-refractivity contribution is -0.173. The number of anilines is 2. The van der Waals surface area contributed by atoms with Crippen LogP contribution < -0.4 is 16.2 Å². The SMILES string of the molecule is Cc1c(NC(=O)c2nn3c(c2Cl)N[C@@H](c2cccs2)C[C@@H]3C(F)(F)F)c(=O)n(-c2ccccc2)n1C. The molecule has 13 heteroatoms. The fourth-order valence-corrected chi connectivity index (χ4v) is 5.35. The summed E-state index contributed by atoms with van der Waals surface area (Å²) < 4.78 is 45.5. The number of halogens is 4. The Labute approximate surface area is 211 Å². The van der Waals surface area contributed by atoms with Crippen molar-refractivity contribution in [1.29, 1.82) is 0 Å². The van der Waals surface area contributed by atoms with Gasteiger partial charge in [-0.3, -0.25) is 14.3 Å². The average molecular weight is 537 g/mol. The fraction of sp³-hybridized carbons (Fsp3) is 0.261. The minimum absolute atomic E-state index is 0.0230. The van der Waals surface area contributed by atoms with Crippen LogP contribution in [-0.4, -0.2) is 31.2 Å². The summed E-state index contributed by atoms with van der Waals surface area (Å²) in [5.74, 6) is -0.983. The Balaban J connectivity index is 1.52. The van der Waals surface area contributed by atoms with Crippen LogP contribution in [0.2, 0.25) is 5.02 Å². The van der Waals surface area contributed by atoms with Gasteiger partial charge in [-0.1, -0.05) is 35.9 Å². The first kappa shape index (κ1) is 24.2. The van der Waals surface area contributed by atoms with Crippen molar-refractivity contribution in [2.75, 3.05) is 10.6 Å². The lowest BCUT2D eigenvalue weighted by atomic mass is 10.0. The van der Waals surface area contributed by atoms with Crippen LogP contribution in [0.3, 0.4) is 0 Å². The van der Waals surface area contributed by atoms with Gasteiger partial charge in [-0.05, 0) is 30.5 Å². The van der Waals surface area contributed by atoms with Crippen molar-refractivity contribution in [1.82, 2.24) is 19.1 Å². The molecule has 4 heterocycles. The van der Waals surface area contributed by atoms with E-state index in [4.69, 9.17) is 11.6 Å². The number of para-hydroxylation sites is 1. The Bertz CT molecular complexity index is 1490. The topological polar surface area (TPSA) is 85.9 Å². The molecule has 188 valence electrons. The first-order valence-electron chi connectivity index (χ1n) is 10.9. The number of fused-ring (bicyclic) bond motifs is 1. The third kappa shape index (κ3) is 3.99. The molecule has 8 nitrogen and oxygen atoms in total. The minimum atomic E-state index is -4.62. The van der Waals surface area contributed by atoms with Crippen molar-refractivity contribution in [2.45, 2.75) is 31.6 Å². The third-order valence-electron chi connectivity index (χ3n) is 6.19. The fourth-order valence-electron chi connectivity index (χ4n) is 4.30. The van der Waals surface area contributed by atoms with E-state index in [9.17, 15) is 22.8 Å². The summed E-state index contributed by atoms with van der Waals surface area (Å²) in [5.41, 5.74) is 0.0975. The highest BCUT2D eigenvalue weighted by Crippen LogP contribution is 2.46. The van der Waals surface area contributed by atoms with E-state index < -0.39 is 35.4 Å². The second-order valence-corrected chi connectivity index (χ2v) is 9.71. The largest absolute Gasteiger partial charge is 0.410 e. The first-order chi connectivity index (χ1) is 17.1. The molecule has 0 saturated heterocycles. The molecular weight excluding hydrogens is 517 g/mol. The second-order valence-electron chi connectivity index (χ2n) is 8.35. The zero-order chi connectivity index (χ0) is 25.8. The maximum atomic E-state index is 14.0. The van der Waals surface area contributed by atoms with Crippen LogP contribution in [0.25, 0.3) is 5.69 Å². The number of nitrogens with zero attached hydrogens (tertiary/aromatic N) is 4. The van der Waals surface area contributed by atoms with Gasteiger partial charge in [0.1, 0.15) is 16.5 Å². The van der Waals surface area contributed by atoms with E-state index in [0.29, 0.717) is 20.9 Å². The van der Waals surface area contributed by atoms with Crippen molar-refractivity contribution in [3.8, 4) is 5.69 Å². The zero-order valence-electron chi connectivity index (χ0n) is 19.0. The summed E-state index contributed by atoms with van der Waals surface area (Å²) >= 11 is 7.72. The molecule has 0 bridgehead atoms. The molecule has 1 amide bonds. The molecule has 3 aromatic heterocycles. The number of aromatic nitrogens is 4. The van der Waals surface area contributed by atoms with Crippen LogP contribution in [-0.2, 0) is 7.05 Å². The average Bonchev–Trinajstić information content (AvgIpc) is 3.54. The molecule has 1 aliphatic rings. The van der Waals surface area contributed by atoms with E-state index in [2.05, 4.69) is 15.7 Å². The van der Waals surface area contributed by atoms with Crippen LogP contribution in [0.15, 0.2) is 52.6 Å². The van der Waals surface area contributed by atoms with Crippen molar-refractivity contribution < 1.29 is 18.0 Å². The Kier molecular flexibility index (Phi) is 5.95. The molecule has 0 saturated carbocycles. The number of hydrogen-bond acceptors (Lipinski definition) is 5. The molecule has 1 aromatic carbocycles. The van der Waals surface area contributed by atoms with Gasteiger partial charge in [0.25, 0.3) is 11.5 Å². The van der Waals surface area contributed by atoms with Crippen LogP contribution in [0.4, 0.5) is 24.7 Å². The van der Waals surface area contributed by atoms with Crippen LogP contribution >= 0.6 is 22.9 Å². The number of hydrogen-bond donors (Lipinski definition) is 2. The number of thiophene rings is 1. The normalized spacial score (nSPS) is 17.5. The summed E-state index contributed by atoms with van der Waals surface area (Å²) in [4.78, 5) is 27.0. The second kappa shape index (κ2) is 8.86. The van der Waals surface area contributed by atoms with Gasteiger partial charge in [-0.15, -0.1) is 11.3 Å². The molecule has 1 aliphatic heterocycles. The van der Waals surface area contributed by atoms with Gasteiger partial charge in [0, 0.05) is 18.3 Å². The van der Waals surface area contributed by atoms with E-state index in [1.165, 1.54) is 16.0 Å². The van der Waals surface area contributed by atoms with Gasteiger partial charge in [0.05, 0.1) is 17.4 Å². The molecule has 0 unspecified atom stereocenters. The maximum Gasteiger partial charge on any atom is 0.410 e. The van der Waals surface area contributed by atoms with Gasteiger partial charge in [-0.2, -0.15) is 18.3 Å². The number of carbonyl (C=O) groups is 1. The predicted molar refractivity (Wildman–Crippen MR) is 131 cm³/mol. The minimum Gasteiger partial charge on any atom is -0.361 e. The number of carbonyl (C=O) groups excluding carboxylic acids is 1. The highest BCUT2D eigenvalue weighted by molar-refractivity contribution is 7.10. The molecular formula is C23H20ClF3N6O2S. The lowest BCUT2D eigenvalue weighted by Gasteiger charge is -2.32. The Morgan fingerprint density at radius 2 is 1.94 bits per heavy atom. The van der Waals surface area contributed by atoms with Crippen molar-refractivity contribution in [2.24, 2.45) is 7.05 Å². The summed E-state index contributed by atoms with van der Waals surface area (Å²) in [5, 5.41) is 11.0. The number of alkyl halides is 3. The van der Waals surface area contributed by atoms with Gasteiger partial charge in [0.15, 0.2) is 11.7 Å². The Morgan fingerprint density at radius 3 is 2.58 bits per heavy atom. The Morgan fingerprint density at radius 1 is 1.22 bits per heavy atom. The number of benzene rings is 1. The molecule has 2 atom stereocenters. The summed E-state index contributed by atoms with van der Waals surface area (Å²) in [6, 6.07) is 9.68. The third-order valence-corrected chi connectivity index (χ3v) is 7.53. The molecule has 2 N–H and O–H groups in total. The summed E-state index contributed by atoms with van der Waals surface area (Å²) in [6.07, 6.45) is -4.93. The van der Waals surface area contributed by atoms with E-state index in [1.807, 2.05) is 0 Å². The van der Waals surface area contributed by atoms with Crippen molar-refractivity contribution >= 4 is 40.4 Å². The highest BCUT2D eigenvalue weighted by Gasteiger charge is 2.48. The first-order valence-corrected chi connectivity index (χ1v) is 12.1. The van der Waals surface area contributed by atoms with Gasteiger partial charge >= 0.3 is 6.18 Å². The molecule has 0 spiro atoms. The smallest absolute Gasteiger partial charge is 0.361 e. The van der Waals surface area contributed by atoms with Crippen LogP contribution in [0.1, 0.15) is 39.6 Å². The van der Waals surface area contributed by atoms with Gasteiger partial charge in [0.2, 0.25) is 0 Å². The molecule has 0 radical (unpaired) electrons. The van der Waals surface area contributed by atoms with Crippen LogP contribution in [0.5, 0.6) is 0 Å². The highest BCUT2D eigenvalue weighted by atomic mass is 35.5. The zero-order valence-corrected chi connectivity index (χ0v) is 20.6. The molecule has 0 aliphatic carbocycles. The molecule has 36 heavy (non-hydrogen) atoms. The number of rotatable bonds is 4. The Hall–Kier alpha value is -3.51. The van der Waals surface area contributed by atoms with Crippen LogP contribution in [0, 0.1) is 6.92 Å². The van der Waals surface area contributed by atoms with E-state index >= 15 is 0 Å². The van der Waals surface area contributed by atoms with E-state index in [0.717, 1.165) is 0 Å². The van der Waals surface area contributed by atoms with Gasteiger partial charge < -0.3 is 10.6 Å². The van der Waals surface area contributed by atoms with Crippen molar-refractivity contribution in [3.63, 3.8) is 0 Å². The summed E-state index contributed by atoms with van der Waals surface area (Å²) in [7, 11) is 1.66. The monoisotopic (exact) mass is 536 g/mol. The standard InChI is InChI=1S/C23H20ClF3N6O2S/c1-12-18(22(35)33(31(12)2)13-7-4-3-5-8-13)29-21(34)19-17(24)20-28-14(15-9-6-10-36-15)11-16(23(25,26)27)32(20)30-19/h3-10,14,16,28H,11H2,1-2H3,(H,29,34)/t14-,16-/m1/s1. The predicted octanol–water partition coefficient (Wildman–Crippen LogP) is 5.31. The molecule has 4 aromatic rings. The lowest BCUT2D eigenvalue weighted by Crippen LogP contribution is -2.35. The molecule has 0 fully saturated rings.